The second-order valence-electron chi connectivity index (χ2n) is 7.87. The van der Waals surface area contributed by atoms with Gasteiger partial charge in [-0.2, -0.15) is 13.2 Å². The molecule has 3 N–H and O–H groups in total. The van der Waals surface area contributed by atoms with E-state index < -0.39 is 17.7 Å². The summed E-state index contributed by atoms with van der Waals surface area (Å²) >= 11 is 0. The highest BCUT2D eigenvalue weighted by molar-refractivity contribution is 5.76. The first-order valence-electron chi connectivity index (χ1n) is 9.17. The van der Waals surface area contributed by atoms with Gasteiger partial charge in [-0.15, -0.1) is 5.10 Å². The topological polar surface area (TPSA) is 114 Å². The predicted molar refractivity (Wildman–Crippen MR) is 93.1 cm³/mol. The van der Waals surface area contributed by atoms with Crippen LogP contribution in [0.4, 0.5) is 13.2 Å². The fourth-order valence-electron chi connectivity index (χ4n) is 2.83. The summed E-state index contributed by atoms with van der Waals surface area (Å²) in [4.78, 5) is 23.0. The minimum atomic E-state index is -5.08. The molecule has 28 heavy (non-hydrogen) atoms. The van der Waals surface area contributed by atoms with E-state index in [9.17, 15) is 18.0 Å². The van der Waals surface area contributed by atoms with Gasteiger partial charge in [0.2, 0.25) is 5.91 Å². The maximum Gasteiger partial charge on any atom is 0.490 e. The average molecular weight is 405 g/mol. The number of nitrogens with zero attached hydrogens (tertiary/aromatic N) is 4. The molecule has 11 heteroatoms. The van der Waals surface area contributed by atoms with E-state index in [0.717, 1.165) is 38.0 Å². The second-order valence-corrected chi connectivity index (χ2v) is 7.87. The summed E-state index contributed by atoms with van der Waals surface area (Å²) in [7, 11) is 0. The Labute approximate surface area is 160 Å². The standard InChI is InChI=1S/C15H25N5O.C2HF3O2/c1-15(2,16)13-10-20(18-17-13)12-5-7-19(8-6-12)14(21)9-11-3-4-11;3-2(4,5)1(6)7/h10-12H,3-9,16H2,1-2H3;(H,6,7). The summed E-state index contributed by atoms with van der Waals surface area (Å²) in [5, 5.41) is 15.5. The Hall–Kier alpha value is -2.17. The Morgan fingerprint density at radius 2 is 1.75 bits per heavy atom. The highest BCUT2D eigenvalue weighted by Crippen LogP contribution is 2.33. The number of carbonyl (C=O) groups excluding carboxylic acids is 1. The zero-order valence-electron chi connectivity index (χ0n) is 15.9. The number of carbonyl (C=O) groups is 2. The first kappa shape index (κ1) is 22.1. The number of likely N-dealkylation sites (tertiary alicyclic amines) is 1. The molecule has 8 nitrogen and oxygen atoms in total. The Morgan fingerprint density at radius 3 is 2.14 bits per heavy atom. The Bertz CT molecular complexity index is 687. The fraction of sp³-hybridized carbons (Fsp3) is 0.765. The lowest BCUT2D eigenvalue weighted by Crippen LogP contribution is -2.39. The number of hydrogen-bond acceptors (Lipinski definition) is 5. The van der Waals surface area contributed by atoms with Crippen molar-refractivity contribution in [2.24, 2.45) is 11.7 Å². The van der Waals surface area contributed by atoms with Crippen LogP contribution in [0.3, 0.4) is 0 Å². The van der Waals surface area contributed by atoms with Crippen molar-refractivity contribution in [1.29, 1.82) is 0 Å². The molecule has 1 aliphatic heterocycles. The molecule has 2 heterocycles. The SMILES string of the molecule is CC(C)(N)c1cn(C2CCN(C(=O)CC3CC3)CC2)nn1.O=C(O)C(F)(F)F. The van der Waals surface area contributed by atoms with Crippen LogP contribution in [0.25, 0.3) is 0 Å². The molecule has 0 radical (unpaired) electrons. The van der Waals surface area contributed by atoms with Gasteiger partial charge < -0.3 is 15.7 Å². The van der Waals surface area contributed by atoms with Crippen LogP contribution in [0.5, 0.6) is 0 Å². The van der Waals surface area contributed by atoms with Gasteiger partial charge in [0.25, 0.3) is 0 Å². The highest BCUT2D eigenvalue weighted by Gasteiger charge is 2.38. The largest absolute Gasteiger partial charge is 0.490 e. The van der Waals surface area contributed by atoms with Gasteiger partial charge in [-0.25, -0.2) is 9.48 Å². The summed E-state index contributed by atoms with van der Waals surface area (Å²) in [6, 6.07) is 0.332. The predicted octanol–water partition coefficient (Wildman–Crippen LogP) is 2.07. The molecule has 158 valence electrons. The van der Waals surface area contributed by atoms with Crippen LogP contribution >= 0.6 is 0 Å². The van der Waals surface area contributed by atoms with Crippen LogP contribution in [0.1, 0.15) is 57.7 Å². The third-order valence-electron chi connectivity index (χ3n) is 4.76. The van der Waals surface area contributed by atoms with E-state index >= 15 is 0 Å². The van der Waals surface area contributed by atoms with Crippen LogP contribution in [-0.2, 0) is 15.1 Å². The number of aliphatic carboxylic acids is 1. The van der Waals surface area contributed by atoms with Crippen molar-refractivity contribution in [2.75, 3.05) is 13.1 Å². The molecule has 1 saturated heterocycles. The fourth-order valence-corrected chi connectivity index (χ4v) is 2.83. The lowest BCUT2D eigenvalue weighted by atomic mass is 10.0. The van der Waals surface area contributed by atoms with E-state index in [0.29, 0.717) is 17.9 Å². The van der Waals surface area contributed by atoms with E-state index in [1.807, 2.05) is 29.6 Å². The van der Waals surface area contributed by atoms with E-state index in [4.69, 9.17) is 15.6 Å². The number of aromatic nitrogens is 3. The number of piperidine rings is 1. The molecule has 1 saturated carbocycles. The molecular formula is C17H26F3N5O3. The molecule has 0 aromatic carbocycles. The third kappa shape index (κ3) is 6.47. The smallest absolute Gasteiger partial charge is 0.475 e. The third-order valence-corrected chi connectivity index (χ3v) is 4.76. The van der Waals surface area contributed by atoms with Crippen molar-refractivity contribution in [2.45, 2.75) is 63.7 Å². The van der Waals surface area contributed by atoms with E-state index in [1.54, 1.807) is 0 Å². The van der Waals surface area contributed by atoms with Crippen LogP contribution in [0.15, 0.2) is 6.20 Å². The number of carboxylic acid groups (broad SMARTS) is 1. The maximum atomic E-state index is 12.1. The van der Waals surface area contributed by atoms with Gasteiger partial charge in [0, 0.05) is 19.5 Å². The number of nitrogens with two attached hydrogens (primary N) is 1. The van der Waals surface area contributed by atoms with Gasteiger partial charge in [0.05, 0.1) is 17.8 Å². The van der Waals surface area contributed by atoms with Gasteiger partial charge in [0.1, 0.15) is 5.69 Å². The zero-order chi connectivity index (χ0) is 21.1. The van der Waals surface area contributed by atoms with Crippen LogP contribution in [-0.4, -0.2) is 56.1 Å². The van der Waals surface area contributed by atoms with Crippen molar-refractivity contribution < 1.29 is 27.9 Å². The lowest BCUT2D eigenvalue weighted by molar-refractivity contribution is -0.192. The van der Waals surface area contributed by atoms with Gasteiger partial charge in [0.15, 0.2) is 0 Å². The van der Waals surface area contributed by atoms with Crippen LogP contribution in [0, 0.1) is 5.92 Å². The van der Waals surface area contributed by atoms with Gasteiger partial charge in [-0.1, -0.05) is 5.21 Å². The molecule has 0 spiro atoms. The molecule has 1 aliphatic carbocycles. The van der Waals surface area contributed by atoms with Crippen molar-refractivity contribution in [3.63, 3.8) is 0 Å². The van der Waals surface area contributed by atoms with E-state index in [1.165, 1.54) is 12.8 Å². The normalized spacial score (nSPS) is 18.4. The summed E-state index contributed by atoms with van der Waals surface area (Å²) in [5.74, 6) is -1.76. The van der Waals surface area contributed by atoms with Crippen molar-refractivity contribution in [3.05, 3.63) is 11.9 Å². The monoisotopic (exact) mass is 405 g/mol. The molecule has 0 bridgehead atoms. The summed E-state index contributed by atoms with van der Waals surface area (Å²) in [6.45, 7) is 5.52. The second kappa shape index (κ2) is 8.46. The number of hydrogen-bond donors (Lipinski definition) is 2. The molecule has 3 rings (SSSR count). The number of halogens is 3. The number of carboxylic acids is 1. The van der Waals surface area contributed by atoms with E-state index in [2.05, 4.69) is 10.3 Å². The summed E-state index contributed by atoms with van der Waals surface area (Å²) in [6.07, 6.45) is 1.98. The molecule has 0 unspecified atom stereocenters. The van der Waals surface area contributed by atoms with Gasteiger partial charge in [-0.05, 0) is 45.4 Å². The molecule has 0 atom stereocenters. The summed E-state index contributed by atoms with van der Waals surface area (Å²) < 4.78 is 33.7. The quantitative estimate of drug-likeness (QED) is 0.793. The number of alkyl halides is 3. The number of amides is 1. The van der Waals surface area contributed by atoms with Gasteiger partial charge >= 0.3 is 12.1 Å². The van der Waals surface area contributed by atoms with Crippen LogP contribution in [0.2, 0.25) is 0 Å². The Balaban J connectivity index is 0.000000345. The van der Waals surface area contributed by atoms with Gasteiger partial charge in [-0.3, -0.25) is 4.79 Å². The number of rotatable bonds is 4. The molecule has 1 aromatic rings. The Kier molecular flexibility index (Phi) is 6.68. The maximum absolute atomic E-state index is 12.1. The van der Waals surface area contributed by atoms with Crippen molar-refractivity contribution in [1.82, 2.24) is 19.9 Å². The zero-order valence-corrected chi connectivity index (χ0v) is 15.9. The average Bonchev–Trinajstić information content (AvgIpc) is 3.24. The minimum absolute atomic E-state index is 0.332. The van der Waals surface area contributed by atoms with Crippen molar-refractivity contribution >= 4 is 11.9 Å². The Morgan fingerprint density at radius 1 is 1.21 bits per heavy atom. The van der Waals surface area contributed by atoms with E-state index in [-0.39, 0.29) is 0 Å². The molecule has 2 fully saturated rings. The van der Waals surface area contributed by atoms with Crippen molar-refractivity contribution in [3.8, 4) is 0 Å². The highest BCUT2D eigenvalue weighted by atomic mass is 19.4. The first-order chi connectivity index (χ1) is 12.9. The minimum Gasteiger partial charge on any atom is -0.475 e. The molecule has 1 aromatic heterocycles. The molecular weight excluding hydrogens is 379 g/mol. The molecule has 2 aliphatic rings. The van der Waals surface area contributed by atoms with Crippen LogP contribution < -0.4 is 5.73 Å². The summed E-state index contributed by atoms with van der Waals surface area (Å²) in [5.41, 5.74) is 6.40. The first-order valence-corrected chi connectivity index (χ1v) is 9.17. The lowest BCUT2D eigenvalue weighted by Gasteiger charge is -2.32. The molecule has 1 amide bonds.